The van der Waals surface area contributed by atoms with Crippen LogP contribution in [0.5, 0.6) is 0 Å². The van der Waals surface area contributed by atoms with Crippen molar-refractivity contribution in [3.8, 4) is 0 Å². The van der Waals surface area contributed by atoms with Crippen molar-refractivity contribution < 1.29 is 89.4 Å². The van der Waals surface area contributed by atoms with Crippen LogP contribution in [-0.2, 0) is 33.2 Å². The quantitative estimate of drug-likeness (QED) is 0.0199. The van der Waals surface area contributed by atoms with E-state index in [4.69, 9.17) is 28.4 Å². The number of ether oxygens (including phenoxy) is 6. The van der Waals surface area contributed by atoms with Crippen LogP contribution in [0.3, 0.4) is 0 Å². The molecule has 3 aliphatic rings. The highest BCUT2D eigenvalue weighted by atomic mass is 16.8. The predicted octanol–water partition coefficient (Wildman–Crippen LogP) is 19.2. The largest absolute Gasteiger partial charge is 0.394 e. The molecule has 19 nitrogen and oxygen atoms in total. The molecular formula is C97H175NO18. The van der Waals surface area contributed by atoms with Crippen LogP contribution < -0.4 is 5.32 Å². The summed E-state index contributed by atoms with van der Waals surface area (Å²) in [5.74, 6) is -0.270. The summed E-state index contributed by atoms with van der Waals surface area (Å²) in [6, 6.07) is -0.978. The monoisotopic (exact) mass is 1640 g/mol. The first-order valence-electron chi connectivity index (χ1n) is 47.8. The van der Waals surface area contributed by atoms with Crippen molar-refractivity contribution in [1.82, 2.24) is 5.32 Å². The lowest BCUT2D eigenvalue weighted by Crippen LogP contribution is -2.66. The fourth-order valence-electron chi connectivity index (χ4n) is 15.9. The van der Waals surface area contributed by atoms with Gasteiger partial charge in [-0.25, -0.2) is 0 Å². The van der Waals surface area contributed by atoms with E-state index in [2.05, 4.69) is 92.1 Å². The first-order valence-corrected chi connectivity index (χ1v) is 47.8. The van der Waals surface area contributed by atoms with E-state index in [1.54, 1.807) is 6.08 Å². The molecule has 116 heavy (non-hydrogen) atoms. The number of rotatable bonds is 78. The van der Waals surface area contributed by atoms with Gasteiger partial charge >= 0.3 is 0 Å². The first kappa shape index (κ1) is 107. The van der Waals surface area contributed by atoms with E-state index in [1.165, 1.54) is 283 Å². The lowest BCUT2D eigenvalue weighted by Gasteiger charge is -2.48. The van der Waals surface area contributed by atoms with Gasteiger partial charge in [0.15, 0.2) is 18.9 Å². The van der Waals surface area contributed by atoms with Crippen molar-refractivity contribution in [2.24, 2.45) is 0 Å². The van der Waals surface area contributed by atoms with E-state index in [0.29, 0.717) is 6.42 Å². The molecule has 17 unspecified atom stereocenters. The van der Waals surface area contributed by atoms with Crippen LogP contribution in [0.25, 0.3) is 0 Å². The molecule has 3 saturated heterocycles. The summed E-state index contributed by atoms with van der Waals surface area (Å²) in [6.07, 6.45) is 77.4. The second kappa shape index (κ2) is 75.7. The molecule has 0 saturated carbocycles. The minimum atomic E-state index is -1.98. The maximum atomic E-state index is 13.5. The van der Waals surface area contributed by atoms with E-state index in [1.807, 2.05) is 6.08 Å². The predicted molar refractivity (Wildman–Crippen MR) is 471 cm³/mol. The molecule has 17 atom stereocenters. The van der Waals surface area contributed by atoms with E-state index >= 15 is 0 Å². The molecule has 0 aromatic heterocycles. The fraction of sp³-hybridized carbons (Fsp3) is 0.845. The number of carbonyl (C=O) groups excluding carboxylic acids is 1. The lowest BCUT2D eigenvalue weighted by molar-refractivity contribution is -0.379. The summed E-state index contributed by atoms with van der Waals surface area (Å²) in [7, 11) is 0. The van der Waals surface area contributed by atoms with Gasteiger partial charge in [-0.3, -0.25) is 4.79 Å². The average molecular weight is 1640 g/mol. The lowest BCUT2D eigenvalue weighted by atomic mass is 9.96. The van der Waals surface area contributed by atoms with Gasteiger partial charge in [0, 0.05) is 6.42 Å². The van der Waals surface area contributed by atoms with E-state index < -0.39 is 124 Å². The third-order valence-corrected chi connectivity index (χ3v) is 23.4. The standard InChI is InChI=1S/C97H175NO18/c1-3-5-7-9-11-13-15-17-19-21-23-25-27-29-31-33-35-37-38-39-40-41-42-43-45-47-49-51-53-55-57-59-61-63-65-67-69-71-73-75-85(103)98-80(81(102)74-72-70-68-66-64-62-60-58-56-54-52-50-48-46-44-36-34-32-30-28-26-24-22-20-18-16-14-12-10-8-6-4-2)79-111-95-91(109)88(106)93(83(77-100)113-95)116-97-92(110)89(107)94(84(78-101)114-97)115-96-90(108)87(105)86(104)82(76-99)112-96/h5,7,11,13,17,19,23,25,29,31,35,37,72,74,80-84,86-97,99-102,104-110H,3-4,6,8-10,12,14-16,18,20-22,24,26-28,30,32-34,36,38-71,73,75-79H2,1-2H3,(H,98,103)/b7-5-,13-11-,19-17-,25-23-,31-29-,37-35-,74-72+. The van der Waals surface area contributed by atoms with Crippen LogP contribution in [0.1, 0.15) is 393 Å². The number of carbonyl (C=O) groups is 1. The summed E-state index contributed by atoms with van der Waals surface area (Å²) in [5, 5.41) is 121. The Morgan fingerprint density at radius 2 is 0.595 bits per heavy atom. The molecule has 19 heteroatoms. The van der Waals surface area contributed by atoms with Crippen molar-refractivity contribution in [3.05, 3.63) is 85.1 Å². The SMILES string of the molecule is CC/C=C\C/C=C\C/C=C\C/C=C\C/C=C\C/C=C\CCCCCCCCCCCCCCCCCCCCCCC(=O)NC(COC1OC(CO)C(OC2OC(CO)C(OC3OC(CO)C(O)C(O)C3O)C(O)C2O)C(O)C1O)C(O)/C=C/CCCCCCCCCCCCCCCCCCCCCCCCCCCCCCCC. The molecule has 1 amide bonds. The highest BCUT2D eigenvalue weighted by Gasteiger charge is 2.54. The van der Waals surface area contributed by atoms with Gasteiger partial charge in [0.2, 0.25) is 5.91 Å². The second-order valence-corrected chi connectivity index (χ2v) is 33.8. The molecule has 3 heterocycles. The zero-order chi connectivity index (χ0) is 83.8. The minimum absolute atomic E-state index is 0.244. The van der Waals surface area contributed by atoms with Crippen LogP contribution in [0, 0.1) is 0 Å². The first-order chi connectivity index (χ1) is 56.8. The molecule has 0 aromatic rings. The number of allylic oxidation sites excluding steroid dienone is 13. The van der Waals surface area contributed by atoms with Gasteiger partial charge in [0.1, 0.15) is 73.2 Å². The molecule has 3 rings (SSSR count). The zero-order valence-electron chi connectivity index (χ0n) is 73.2. The Balaban J connectivity index is 1.30. The molecule has 0 radical (unpaired) electrons. The van der Waals surface area contributed by atoms with Crippen LogP contribution in [-0.4, -0.2) is 193 Å². The van der Waals surface area contributed by atoms with Gasteiger partial charge in [-0.1, -0.05) is 401 Å². The van der Waals surface area contributed by atoms with E-state index in [-0.39, 0.29) is 18.9 Å². The maximum Gasteiger partial charge on any atom is 0.220 e. The Labute approximate surface area is 705 Å². The molecule has 676 valence electrons. The third kappa shape index (κ3) is 53.1. The number of aliphatic hydroxyl groups is 11. The van der Waals surface area contributed by atoms with Crippen LogP contribution in [0.4, 0.5) is 0 Å². The summed E-state index contributed by atoms with van der Waals surface area (Å²) < 4.78 is 34.6. The molecular weight excluding hydrogens is 1470 g/mol. The number of aliphatic hydroxyl groups excluding tert-OH is 11. The molecule has 0 bridgehead atoms. The van der Waals surface area contributed by atoms with Gasteiger partial charge in [0.05, 0.1) is 38.6 Å². The van der Waals surface area contributed by atoms with Crippen molar-refractivity contribution in [2.45, 2.75) is 497 Å². The summed E-state index contributed by atoms with van der Waals surface area (Å²) in [4.78, 5) is 13.5. The summed E-state index contributed by atoms with van der Waals surface area (Å²) in [5.41, 5.74) is 0. The van der Waals surface area contributed by atoms with Gasteiger partial charge in [-0.2, -0.15) is 0 Å². The second-order valence-electron chi connectivity index (χ2n) is 33.8. The number of amides is 1. The van der Waals surface area contributed by atoms with Crippen LogP contribution in [0.15, 0.2) is 85.1 Å². The number of hydrogen-bond acceptors (Lipinski definition) is 18. The fourth-order valence-corrected chi connectivity index (χ4v) is 15.9. The molecule has 3 aliphatic heterocycles. The molecule has 0 aromatic carbocycles. The van der Waals surface area contributed by atoms with E-state index in [9.17, 15) is 61.0 Å². The Bertz CT molecular complexity index is 2420. The van der Waals surface area contributed by atoms with Crippen molar-refractivity contribution >= 4 is 5.91 Å². The van der Waals surface area contributed by atoms with Gasteiger partial charge in [-0.05, 0) is 70.6 Å². The topological polar surface area (TPSA) is 307 Å². The Morgan fingerprint density at radius 3 is 0.931 bits per heavy atom. The minimum Gasteiger partial charge on any atom is -0.394 e. The molecule has 0 spiro atoms. The number of hydrogen-bond donors (Lipinski definition) is 12. The van der Waals surface area contributed by atoms with Gasteiger partial charge in [-0.15, -0.1) is 0 Å². The number of nitrogens with one attached hydrogen (secondary N) is 1. The average Bonchev–Trinajstić information content (AvgIpc) is 0.779. The van der Waals surface area contributed by atoms with Crippen molar-refractivity contribution in [2.75, 3.05) is 26.4 Å². The molecule has 3 fully saturated rings. The Kier molecular flexibility index (Phi) is 69.9. The van der Waals surface area contributed by atoms with Gasteiger partial charge < -0.3 is 89.9 Å². The Morgan fingerprint density at radius 1 is 0.319 bits per heavy atom. The highest BCUT2D eigenvalue weighted by Crippen LogP contribution is 2.34. The Hall–Kier alpha value is -3.03. The maximum absolute atomic E-state index is 13.5. The third-order valence-electron chi connectivity index (χ3n) is 23.4. The smallest absolute Gasteiger partial charge is 0.220 e. The van der Waals surface area contributed by atoms with E-state index in [0.717, 1.165) is 83.5 Å². The van der Waals surface area contributed by atoms with Crippen molar-refractivity contribution in [3.63, 3.8) is 0 Å². The van der Waals surface area contributed by atoms with Gasteiger partial charge in [0.25, 0.3) is 0 Å². The highest BCUT2D eigenvalue weighted by molar-refractivity contribution is 5.76. The number of unbranched alkanes of at least 4 members (excludes halogenated alkanes) is 50. The normalized spacial score (nSPS) is 24.9. The van der Waals surface area contributed by atoms with Crippen LogP contribution in [0.2, 0.25) is 0 Å². The summed E-state index contributed by atoms with van der Waals surface area (Å²) >= 11 is 0. The zero-order valence-corrected chi connectivity index (χ0v) is 73.2. The molecule has 12 N–H and O–H groups in total. The summed E-state index contributed by atoms with van der Waals surface area (Å²) in [6.45, 7) is 1.68. The van der Waals surface area contributed by atoms with Crippen LogP contribution >= 0.6 is 0 Å². The van der Waals surface area contributed by atoms with Crippen molar-refractivity contribution in [1.29, 1.82) is 0 Å². The molecule has 0 aliphatic carbocycles.